The number of methoxy groups -OCH3 is 1. The van der Waals surface area contributed by atoms with Gasteiger partial charge in [0.2, 0.25) is 11.5 Å². The monoisotopic (exact) mass is 380 g/mol. The van der Waals surface area contributed by atoms with Gasteiger partial charge in [-0.2, -0.15) is 14.7 Å². The number of fused-ring (bicyclic) bond motifs is 1. The van der Waals surface area contributed by atoms with Gasteiger partial charge in [-0.05, 0) is 25.2 Å². The highest BCUT2D eigenvalue weighted by molar-refractivity contribution is 5.72. The maximum absolute atomic E-state index is 5.85. The van der Waals surface area contributed by atoms with E-state index in [9.17, 15) is 0 Å². The largest absolute Gasteiger partial charge is 0.492 e. The molecule has 10 nitrogen and oxygen atoms in total. The fraction of sp³-hybridized carbons (Fsp3) is 0.444. The SMILES string of the molecule is COc1c(C2(C)CCC2)c(-c2ncnn2C)nn2c(-c3cc(C)on3)nnc12. The number of hydrogen-bond donors (Lipinski definition) is 0. The minimum Gasteiger partial charge on any atom is -0.492 e. The van der Waals surface area contributed by atoms with Crippen molar-refractivity contribution in [3.05, 3.63) is 23.7 Å². The van der Waals surface area contributed by atoms with Crippen molar-refractivity contribution >= 4 is 5.65 Å². The Morgan fingerprint density at radius 1 is 1.21 bits per heavy atom. The van der Waals surface area contributed by atoms with Gasteiger partial charge in [-0.15, -0.1) is 10.2 Å². The maximum atomic E-state index is 5.85. The zero-order valence-corrected chi connectivity index (χ0v) is 16.2. The summed E-state index contributed by atoms with van der Waals surface area (Å²) in [4.78, 5) is 4.44. The molecule has 10 heteroatoms. The van der Waals surface area contributed by atoms with Gasteiger partial charge >= 0.3 is 0 Å². The summed E-state index contributed by atoms with van der Waals surface area (Å²) in [5, 5.41) is 21.8. The lowest BCUT2D eigenvalue weighted by Gasteiger charge is -2.40. The Morgan fingerprint density at radius 3 is 2.61 bits per heavy atom. The fourth-order valence-electron chi connectivity index (χ4n) is 3.89. The molecule has 0 bridgehead atoms. The third-order valence-electron chi connectivity index (χ3n) is 5.55. The van der Waals surface area contributed by atoms with Crippen molar-refractivity contribution < 1.29 is 9.26 Å². The minimum absolute atomic E-state index is 0.0576. The summed E-state index contributed by atoms with van der Waals surface area (Å²) in [6.07, 6.45) is 4.79. The molecule has 4 heterocycles. The Morgan fingerprint density at radius 2 is 2.04 bits per heavy atom. The first kappa shape index (κ1) is 16.8. The second kappa shape index (κ2) is 5.85. The van der Waals surface area contributed by atoms with E-state index in [1.165, 1.54) is 12.7 Å². The van der Waals surface area contributed by atoms with Crippen molar-refractivity contribution in [2.75, 3.05) is 7.11 Å². The lowest BCUT2D eigenvalue weighted by molar-refractivity contribution is 0.260. The quantitative estimate of drug-likeness (QED) is 0.531. The molecule has 0 radical (unpaired) electrons. The molecule has 0 atom stereocenters. The summed E-state index contributed by atoms with van der Waals surface area (Å²) >= 11 is 0. The molecule has 4 aromatic heterocycles. The highest BCUT2D eigenvalue weighted by Gasteiger charge is 2.41. The number of nitrogens with zero attached hydrogens (tertiary/aromatic N) is 8. The molecule has 0 amide bonds. The lowest BCUT2D eigenvalue weighted by Crippen LogP contribution is -2.32. The molecular weight excluding hydrogens is 360 g/mol. The van der Waals surface area contributed by atoms with Crippen molar-refractivity contribution in [1.29, 1.82) is 0 Å². The van der Waals surface area contributed by atoms with Crippen molar-refractivity contribution in [2.45, 2.75) is 38.5 Å². The third-order valence-corrected chi connectivity index (χ3v) is 5.55. The molecule has 1 aliphatic rings. The molecule has 0 N–H and O–H groups in total. The van der Waals surface area contributed by atoms with Crippen molar-refractivity contribution in [2.24, 2.45) is 7.05 Å². The third kappa shape index (κ3) is 2.26. The Labute approximate surface area is 160 Å². The van der Waals surface area contributed by atoms with E-state index in [-0.39, 0.29) is 5.41 Å². The number of aromatic nitrogens is 8. The molecular formula is C18H20N8O2. The first-order chi connectivity index (χ1) is 13.5. The van der Waals surface area contributed by atoms with E-state index >= 15 is 0 Å². The molecule has 0 saturated heterocycles. The van der Waals surface area contributed by atoms with Crippen molar-refractivity contribution in [3.8, 4) is 28.8 Å². The van der Waals surface area contributed by atoms with Gasteiger partial charge < -0.3 is 9.26 Å². The first-order valence-corrected chi connectivity index (χ1v) is 9.14. The molecule has 0 aromatic carbocycles. The molecule has 28 heavy (non-hydrogen) atoms. The van der Waals surface area contributed by atoms with Gasteiger partial charge in [0, 0.05) is 18.7 Å². The van der Waals surface area contributed by atoms with Crippen LogP contribution in [0.15, 0.2) is 16.9 Å². The standard InChI is InChI=1S/C18H20N8O2/c1-10-8-11(24-28-10)15-21-22-17-14(27-4)12(18(2)6-5-7-18)13(23-26(15)17)16-19-9-20-25(16)3/h8-9H,5-7H2,1-4H3. The van der Waals surface area contributed by atoms with Crippen LogP contribution in [0.1, 0.15) is 37.5 Å². The second-order valence-electron chi connectivity index (χ2n) is 7.46. The molecule has 4 aromatic rings. The zero-order chi connectivity index (χ0) is 19.5. The van der Waals surface area contributed by atoms with Crippen LogP contribution in [0.2, 0.25) is 0 Å². The number of hydrogen-bond acceptors (Lipinski definition) is 8. The minimum atomic E-state index is -0.0576. The Balaban J connectivity index is 1.86. The predicted molar refractivity (Wildman–Crippen MR) is 98.8 cm³/mol. The average molecular weight is 380 g/mol. The van der Waals surface area contributed by atoms with Gasteiger partial charge in [-0.3, -0.25) is 0 Å². The van der Waals surface area contributed by atoms with E-state index in [1.807, 2.05) is 14.0 Å². The zero-order valence-electron chi connectivity index (χ0n) is 16.2. The van der Waals surface area contributed by atoms with Crippen LogP contribution in [0.3, 0.4) is 0 Å². The fourth-order valence-corrected chi connectivity index (χ4v) is 3.89. The lowest BCUT2D eigenvalue weighted by atomic mass is 9.65. The van der Waals surface area contributed by atoms with Crippen LogP contribution in [-0.2, 0) is 12.5 Å². The van der Waals surface area contributed by atoms with Crippen LogP contribution in [0, 0.1) is 6.92 Å². The summed E-state index contributed by atoms with van der Waals surface area (Å²) in [6, 6.07) is 1.80. The Kier molecular flexibility index (Phi) is 3.52. The van der Waals surface area contributed by atoms with Crippen LogP contribution in [-0.4, -0.2) is 46.8 Å². The smallest absolute Gasteiger partial charge is 0.220 e. The molecule has 1 saturated carbocycles. The van der Waals surface area contributed by atoms with Crippen LogP contribution in [0.4, 0.5) is 0 Å². The number of aryl methyl sites for hydroxylation is 2. The summed E-state index contributed by atoms with van der Waals surface area (Å²) in [5.41, 5.74) is 2.77. The maximum Gasteiger partial charge on any atom is 0.220 e. The summed E-state index contributed by atoms with van der Waals surface area (Å²) in [7, 11) is 3.50. The normalized spacial score (nSPS) is 15.7. The summed E-state index contributed by atoms with van der Waals surface area (Å²) in [6.45, 7) is 4.05. The molecule has 0 aliphatic heterocycles. The molecule has 1 fully saturated rings. The number of rotatable bonds is 4. The molecule has 0 unspecified atom stereocenters. The highest BCUT2D eigenvalue weighted by atomic mass is 16.5. The number of ether oxygens (including phenoxy) is 1. The van der Waals surface area contributed by atoms with E-state index in [0.717, 1.165) is 18.4 Å². The van der Waals surface area contributed by atoms with Crippen LogP contribution in [0.25, 0.3) is 28.7 Å². The topological polar surface area (TPSA) is 109 Å². The molecule has 0 spiro atoms. The highest BCUT2D eigenvalue weighted by Crippen LogP contribution is 2.50. The Bertz CT molecular complexity index is 1180. The van der Waals surface area contributed by atoms with Crippen LogP contribution < -0.4 is 4.74 Å². The van der Waals surface area contributed by atoms with Crippen LogP contribution in [0.5, 0.6) is 5.75 Å². The van der Waals surface area contributed by atoms with Gasteiger partial charge in [0.15, 0.2) is 17.3 Å². The predicted octanol–water partition coefficient (Wildman–Crippen LogP) is 2.33. The summed E-state index contributed by atoms with van der Waals surface area (Å²) < 4.78 is 14.4. The Hall–Kier alpha value is -3.30. The van der Waals surface area contributed by atoms with Gasteiger partial charge in [-0.1, -0.05) is 18.5 Å². The molecule has 5 rings (SSSR count). The van der Waals surface area contributed by atoms with E-state index in [2.05, 4.69) is 32.4 Å². The van der Waals surface area contributed by atoms with Crippen molar-refractivity contribution in [3.63, 3.8) is 0 Å². The van der Waals surface area contributed by atoms with Gasteiger partial charge in [0.25, 0.3) is 0 Å². The molecule has 144 valence electrons. The van der Waals surface area contributed by atoms with E-state index in [4.69, 9.17) is 14.4 Å². The molecule has 1 aliphatic carbocycles. The summed E-state index contributed by atoms with van der Waals surface area (Å²) in [5.74, 6) is 2.50. The van der Waals surface area contributed by atoms with E-state index in [0.29, 0.717) is 40.2 Å². The van der Waals surface area contributed by atoms with Crippen LogP contribution >= 0.6 is 0 Å². The average Bonchev–Trinajstić information content (AvgIpc) is 3.37. The van der Waals surface area contributed by atoms with Gasteiger partial charge in [0.05, 0.1) is 7.11 Å². The van der Waals surface area contributed by atoms with E-state index < -0.39 is 0 Å². The first-order valence-electron chi connectivity index (χ1n) is 9.14. The second-order valence-corrected chi connectivity index (χ2v) is 7.46. The van der Waals surface area contributed by atoms with Gasteiger partial charge in [-0.25, -0.2) is 9.67 Å². The van der Waals surface area contributed by atoms with Gasteiger partial charge in [0.1, 0.15) is 17.8 Å². The van der Waals surface area contributed by atoms with Crippen molar-refractivity contribution in [1.82, 2.24) is 39.7 Å². The van der Waals surface area contributed by atoms with E-state index in [1.54, 1.807) is 22.4 Å².